The second-order valence-electron chi connectivity index (χ2n) is 5.48. The van der Waals surface area contributed by atoms with Gasteiger partial charge in [-0.3, -0.25) is 9.59 Å². The predicted molar refractivity (Wildman–Crippen MR) is 62.2 cm³/mol. The average molecular weight is 237 g/mol. The first-order valence-electron chi connectivity index (χ1n) is 6.47. The maximum atomic E-state index is 12.3. The Bertz CT molecular complexity index is 350. The van der Waals surface area contributed by atoms with Gasteiger partial charge in [0.05, 0.1) is 6.54 Å². The minimum absolute atomic E-state index is 0.0235. The van der Waals surface area contributed by atoms with Crippen molar-refractivity contribution in [2.45, 2.75) is 19.3 Å². The maximum absolute atomic E-state index is 12.3. The van der Waals surface area contributed by atoms with Crippen LogP contribution in [0.3, 0.4) is 0 Å². The lowest BCUT2D eigenvalue weighted by atomic mass is 9.91. The van der Waals surface area contributed by atoms with Gasteiger partial charge in [0.15, 0.2) is 0 Å². The van der Waals surface area contributed by atoms with Crippen molar-refractivity contribution in [2.24, 2.45) is 11.3 Å². The number of amides is 2. The third-order valence-corrected chi connectivity index (χ3v) is 4.44. The van der Waals surface area contributed by atoms with Gasteiger partial charge in [-0.15, -0.1) is 0 Å². The van der Waals surface area contributed by atoms with E-state index < -0.39 is 0 Å². The number of piperazine rings is 1. The monoisotopic (exact) mass is 237 g/mol. The molecule has 2 N–H and O–H groups in total. The second-order valence-corrected chi connectivity index (χ2v) is 5.48. The molecule has 1 spiro atoms. The lowest BCUT2D eigenvalue weighted by Gasteiger charge is -2.29. The number of piperidine rings is 1. The van der Waals surface area contributed by atoms with Crippen LogP contribution in [0.2, 0.25) is 0 Å². The largest absolute Gasteiger partial charge is 0.353 e. The molecule has 1 saturated carbocycles. The average Bonchev–Trinajstić information content (AvgIpc) is 3.03. The summed E-state index contributed by atoms with van der Waals surface area (Å²) < 4.78 is 0. The van der Waals surface area contributed by atoms with E-state index >= 15 is 0 Å². The molecule has 17 heavy (non-hydrogen) atoms. The molecule has 2 heterocycles. The van der Waals surface area contributed by atoms with E-state index in [1.807, 2.05) is 0 Å². The summed E-state index contributed by atoms with van der Waals surface area (Å²) in [5.74, 6) is 0.377. The van der Waals surface area contributed by atoms with Crippen molar-refractivity contribution in [3.8, 4) is 0 Å². The Morgan fingerprint density at radius 2 is 2.06 bits per heavy atom. The van der Waals surface area contributed by atoms with Gasteiger partial charge in [0.2, 0.25) is 11.8 Å². The van der Waals surface area contributed by atoms with Gasteiger partial charge in [-0.2, -0.15) is 0 Å². The van der Waals surface area contributed by atoms with Crippen molar-refractivity contribution in [3.05, 3.63) is 0 Å². The minimum Gasteiger partial charge on any atom is -0.353 e. The lowest BCUT2D eigenvalue weighted by molar-refractivity contribution is -0.140. The van der Waals surface area contributed by atoms with Gasteiger partial charge in [-0.1, -0.05) is 0 Å². The van der Waals surface area contributed by atoms with Crippen LogP contribution < -0.4 is 10.6 Å². The zero-order valence-corrected chi connectivity index (χ0v) is 10.00. The van der Waals surface area contributed by atoms with Crippen LogP contribution in [0.4, 0.5) is 0 Å². The van der Waals surface area contributed by atoms with Gasteiger partial charge in [0.1, 0.15) is 0 Å². The molecular weight excluding hydrogens is 218 g/mol. The fourth-order valence-corrected chi connectivity index (χ4v) is 3.22. The standard InChI is InChI=1S/C12H19N3O2/c16-10-8-15(6-5-14-10)11(17)9-7-12(9)1-3-13-4-2-12/h9,13H,1-8H2,(H,14,16). The molecule has 2 aliphatic heterocycles. The molecule has 0 aromatic rings. The Kier molecular flexibility index (Phi) is 2.58. The van der Waals surface area contributed by atoms with Crippen LogP contribution in [-0.4, -0.2) is 49.4 Å². The van der Waals surface area contributed by atoms with Crippen LogP contribution in [0.15, 0.2) is 0 Å². The molecule has 5 nitrogen and oxygen atoms in total. The van der Waals surface area contributed by atoms with Crippen molar-refractivity contribution in [2.75, 3.05) is 32.7 Å². The highest BCUT2D eigenvalue weighted by Gasteiger charge is 2.58. The third kappa shape index (κ3) is 1.92. The summed E-state index contributed by atoms with van der Waals surface area (Å²) in [7, 11) is 0. The highest BCUT2D eigenvalue weighted by molar-refractivity contribution is 5.88. The molecule has 1 atom stereocenters. The van der Waals surface area contributed by atoms with E-state index in [-0.39, 0.29) is 29.7 Å². The quantitative estimate of drug-likeness (QED) is 0.636. The molecule has 2 amide bonds. The summed E-state index contributed by atoms with van der Waals surface area (Å²) in [4.78, 5) is 25.3. The molecule has 94 valence electrons. The van der Waals surface area contributed by atoms with Crippen LogP contribution >= 0.6 is 0 Å². The van der Waals surface area contributed by atoms with Gasteiger partial charge >= 0.3 is 0 Å². The third-order valence-electron chi connectivity index (χ3n) is 4.44. The van der Waals surface area contributed by atoms with Gasteiger partial charge < -0.3 is 15.5 Å². The minimum atomic E-state index is -0.0235. The van der Waals surface area contributed by atoms with Crippen LogP contribution in [-0.2, 0) is 9.59 Å². The van der Waals surface area contributed by atoms with E-state index in [4.69, 9.17) is 0 Å². The number of hydrogen-bond donors (Lipinski definition) is 2. The normalized spacial score (nSPS) is 31.2. The van der Waals surface area contributed by atoms with E-state index in [1.54, 1.807) is 4.90 Å². The van der Waals surface area contributed by atoms with Crippen LogP contribution in [0.25, 0.3) is 0 Å². The molecule has 0 aromatic carbocycles. The topological polar surface area (TPSA) is 61.4 Å². The van der Waals surface area contributed by atoms with Crippen LogP contribution in [0.1, 0.15) is 19.3 Å². The molecule has 5 heteroatoms. The van der Waals surface area contributed by atoms with E-state index in [9.17, 15) is 9.59 Å². The summed E-state index contributed by atoms with van der Waals surface area (Å²) in [5.41, 5.74) is 0.274. The number of hydrogen-bond acceptors (Lipinski definition) is 3. The Morgan fingerprint density at radius 3 is 2.76 bits per heavy atom. The summed E-state index contributed by atoms with van der Waals surface area (Å²) >= 11 is 0. The molecule has 3 rings (SSSR count). The molecular formula is C12H19N3O2. The number of carbonyl (C=O) groups is 2. The van der Waals surface area contributed by atoms with E-state index in [0.29, 0.717) is 13.1 Å². The maximum Gasteiger partial charge on any atom is 0.239 e. The molecule has 3 fully saturated rings. The molecule has 2 saturated heterocycles. The molecule has 1 aliphatic carbocycles. The van der Waals surface area contributed by atoms with Gasteiger partial charge in [-0.05, 0) is 37.8 Å². The molecule has 0 bridgehead atoms. The van der Waals surface area contributed by atoms with E-state index in [1.165, 1.54) is 0 Å². The first kappa shape index (κ1) is 11.0. The van der Waals surface area contributed by atoms with Gasteiger partial charge in [0.25, 0.3) is 0 Å². The van der Waals surface area contributed by atoms with Crippen LogP contribution in [0.5, 0.6) is 0 Å². The Labute approximate surface area is 101 Å². The highest BCUT2D eigenvalue weighted by atomic mass is 16.2. The van der Waals surface area contributed by atoms with Crippen LogP contribution in [0, 0.1) is 11.3 Å². The van der Waals surface area contributed by atoms with E-state index in [2.05, 4.69) is 10.6 Å². The smallest absolute Gasteiger partial charge is 0.239 e. The molecule has 0 radical (unpaired) electrons. The summed E-state index contributed by atoms with van der Waals surface area (Å²) in [6, 6.07) is 0. The Balaban J connectivity index is 1.62. The van der Waals surface area contributed by atoms with Crippen molar-refractivity contribution in [3.63, 3.8) is 0 Å². The first-order chi connectivity index (χ1) is 8.21. The zero-order valence-electron chi connectivity index (χ0n) is 10.00. The Hall–Kier alpha value is -1.10. The second kappa shape index (κ2) is 3.98. The number of nitrogens with zero attached hydrogens (tertiary/aromatic N) is 1. The van der Waals surface area contributed by atoms with Crippen molar-refractivity contribution >= 4 is 11.8 Å². The predicted octanol–water partition coefficient (Wildman–Crippen LogP) is -0.665. The van der Waals surface area contributed by atoms with Gasteiger partial charge in [0, 0.05) is 19.0 Å². The van der Waals surface area contributed by atoms with Crippen molar-refractivity contribution < 1.29 is 9.59 Å². The number of rotatable bonds is 1. The van der Waals surface area contributed by atoms with Crippen molar-refractivity contribution in [1.82, 2.24) is 15.5 Å². The van der Waals surface area contributed by atoms with E-state index in [0.717, 1.165) is 32.4 Å². The fourth-order valence-electron chi connectivity index (χ4n) is 3.22. The Morgan fingerprint density at radius 1 is 1.29 bits per heavy atom. The SMILES string of the molecule is O=C1CN(C(=O)C2CC23CCNCC3)CCN1. The fraction of sp³-hybridized carbons (Fsp3) is 0.833. The summed E-state index contributed by atoms with van der Waals surface area (Å²) in [6.07, 6.45) is 3.26. The number of carbonyl (C=O) groups excluding carboxylic acids is 2. The first-order valence-corrected chi connectivity index (χ1v) is 6.47. The van der Waals surface area contributed by atoms with Gasteiger partial charge in [-0.25, -0.2) is 0 Å². The molecule has 1 unspecified atom stereocenters. The summed E-state index contributed by atoms with van der Waals surface area (Å²) in [6.45, 7) is 3.60. The lowest BCUT2D eigenvalue weighted by Crippen LogP contribution is -2.51. The molecule has 0 aromatic heterocycles. The zero-order chi connectivity index (χ0) is 11.9. The van der Waals surface area contributed by atoms with Crippen molar-refractivity contribution in [1.29, 1.82) is 0 Å². The number of nitrogens with one attached hydrogen (secondary N) is 2. The highest BCUT2D eigenvalue weighted by Crippen LogP contribution is 2.59. The summed E-state index contributed by atoms with van der Waals surface area (Å²) in [5, 5.41) is 6.09. The molecule has 3 aliphatic rings.